The molecular weight excluding hydrogens is 619 g/mol. The van der Waals surface area contributed by atoms with E-state index in [0.717, 1.165) is 76.7 Å². The molecule has 266 valence electrons. The standard InChI is InChI=1S/C39H54F3NO5/c1-7-8-14-17-29-18-19-31(33(25-29)39(40,41)42)32-26-30-20-22-43(35(44)34(30)48-36(32)45)21-15-12-10-9-11-13-16-23-47-37(46)38(5,6)28(4)24-27(2)3/h18-20,22,25-28H,7-17,21,23-24H2,1-6H3. The van der Waals surface area contributed by atoms with E-state index in [1.165, 1.54) is 16.7 Å². The molecule has 3 rings (SSSR count). The van der Waals surface area contributed by atoms with Crippen molar-refractivity contribution in [2.75, 3.05) is 6.61 Å². The molecule has 1 aromatic carbocycles. The molecule has 0 saturated carbocycles. The van der Waals surface area contributed by atoms with Crippen LogP contribution >= 0.6 is 0 Å². The second-order valence-electron chi connectivity index (χ2n) is 14.2. The Balaban J connectivity index is 1.50. The maximum atomic E-state index is 14.0. The molecule has 0 spiro atoms. The molecule has 1 atom stereocenters. The van der Waals surface area contributed by atoms with Gasteiger partial charge in [-0.2, -0.15) is 13.2 Å². The SMILES string of the molecule is CCCCCc1ccc(-c2cc3ccn(CCCCCCCCCOC(=O)C(C)(C)C(C)CC(C)C)c(=O)c3oc2=O)c(C(F)(F)F)c1. The van der Waals surface area contributed by atoms with E-state index in [-0.39, 0.29) is 34.0 Å². The number of unbranched alkanes of at least 4 members (excludes halogenated alkanes) is 8. The molecule has 6 nitrogen and oxygen atoms in total. The van der Waals surface area contributed by atoms with Crippen LogP contribution < -0.4 is 11.2 Å². The third-order valence-electron chi connectivity index (χ3n) is 9.47. The highest BCUT2D eigenvalue weighted by molar-refractivity contribution is 5.82. The molecule has 0 N–H and O–H groups in total. The summed E-state index contributed by atoms with van der Waals surface area (Å²) in [7, 11) is 0. The molecule has 0 radical (unpaired) electrons. The Labute approximate surface area is 283 Å². The van der Waals surface area contributed by atoms with Gasteiger partial charge < -0.3 is 13.7 Å². The molecule has 9 heteroatoms. The van der Waals surface area contributed by atoms with Gasteiger partial charge in [-0.25, -0.2) is 4.79 Å². The topological polar surface area (TPSA) is 78.5 Å². The highest BCUT2D eigenvalue weighted by Gasteiger charge is 2.36. The number of rotatable bonds is 19. The fourth-order valence-electron chi connectivity index (χ4n) is 6.13. The zero-order valence-corrected chi connectivity index (χ0v) is 29.6. The summed E-state index contributed by atoms with van der Waals surface area (Å²) in [5, 5.41) is 0.283. The normalized spacial score (nSPS) is 13.0. The van der Waals surface area contributed by atoms with Crippen LogP contribution in [-0.4, -0.2) is 17.1 Å². The monoisotopic (exact) mass is 673 g/mol. The average molecular weight is 674 g/mol. The van der Waals surface area contributed by atoms with E-state index in [1.807, 2.05) is 20.8 Å². The summed E-state index contributed by atoms with van der Waals surface area (Å²) in [5.74, 6) is 0.662. The van der Waals surface area contributed by atoms with Crippen LogP contribution in [-0.2, 0) is 28.7 Å². The van der Waals surface area contributed by atoms with Crippen LogP contribution in [0.3, 0.4) is 0 Å². The Morgan fingerprint density at radius 1 is 0.875 bits per heavy atom. The van der Waals surface area contributed by atoms with Crippen molar-refractivity contribution in [1.29, 1.82) is 0 Å². The number of nitrogens with zero attached hydrogens (tertiary/aromatic N) is 1. The van der Waals surface area contributed by atoms with Crippen LogP contribution in [0.1, 0.15) is 123 Å². The Kier molecular flexibility index (Phi) is 14.5. The highest BCUT2D eigenvalue weighted by atomic mass is 19.4. The van der Waals surface area contributed by atoms with Crippen LogP contribution in [0.2, 0.25) is 0 Å². The second kappa shape index (κ2) is 17.9. The minimum Gasteiger partial charge on any atom is -0.465 e. The van der Waals surface area contributed by atoms with Gasteiger partial charge in [0.1, 0.15) is 0 Å². The molecule has 2 aromatic heterocycles. The van der Waals surface area contributed by atoms with Crippen LogP contribution in [0.15, 0.2) is 50.5 Å². The third-order valence-corrected chi connectivity index (χ3v) is 9.47. The van der Waals surface area contributed by atoms with Crippen LogP contribution in [0, 0.1) is 17.3 Å². The Hall–Kier alpha value is -3.36. The van der Waals surface area contributed by atoms with E-state index < -0.39 is 28.3 Å². The summed E-state index contributed by atoms with van der Waals surface area (Å²) in [6.45, 7) is 13.3. The number of ether oxygens (including phenoxy) is 1. The van der Waals surface area contributed by atoms with Crippen LogP contribution in [0.5, 0.6) is 0 Å². The first-order valence-electron chi connectivity index (χ1n) is 17.7. The Morgan fingerprint density at radius 3 is 2.19 bits per heavy atom. The van der Waals surface area contributed by atoms with Gasteiger partial charge in [0.05, 0.1) is 23.1 Å². The molecule has 0 amide bonds. The molecule has 0 saturated heterocycles. The van der Waals surface area contributed by atoms with Gasteiger partial charge in [0.2, 0.25) is 5.58 Å². The first-order chi connectivity index (χ1) is 22.7. The van der Waals surface area contributed by atoms with Gasteiger partial charge in [0.15, 0.2) is 0 Å². The van der Waals surface area contributed by atoms with Crippen LogP contribution in [0.4, 0.5) is 13.2 Å². The van der Waals surface area contributed by atoms with Gasteiger partial charge in [0, 0.05) is 23.7 Å². The van der Waals surface area contributed by atoms with E-state index in [1.54, 1.807) is 18.3 Å². The van der Waals surface area contributed by atoms with E-state index in [2.05, 4.69) is 20.8 Å². The zero-order valence-electron chi connectivity index (χ0n) is 29.6. The van der Waals surface area contributed by atoms with E-state index in [4.69, 9.17) is 9.15 Å². The fraction of sp³-hybridized carbons (Fsp3) is 0.615. The fourth-order valence-corrected chi connectivity index (χ4v) is 6.13. The molecule has 48 heavy (non-hydrogen) atoms. The summed E-state index contributed by atoms with van der Waals surface area (Å²) in [6.07, 6.45) is 7.69. The average Bonchev–Trinajstić information content (AvgIpc) is 3.02. The van der Waals surface area contributed by atoms with Crippen molar-refractivity contribution in [3.8, 4) is 11.1 Å². The number of aromatic nitrogens is 1. The number of hydrogen-bond donors (Lipinski definition) is 0. The number of benzene rings is 1. The maximum Gasteiger partial charge on any atom is 0.417 e. The Morgan fingerprint density at radius 2 is 1.54 bits per heavy atom. The molecule has 0 aliphatic carbocycles. The van der Waals surface area contributed by atoms with E-state index in [9.17, 15) is 27.6 Å². The van der Waals surface area contributed by atoms with E-state index >= 15 is 0 Å². The number of carbonyl (C=O) groups excluding carboxylic acids is 1. The first kappa shape index (κ1) is 39.1. The lowest BCUT2D eigenvalue weighted by Crippen LogP contribution is -2.34. The lowest BCUT2D eigenvalue weighted by Gasteiger charge is -2.30. The summed E-state index contributed by atoms with van der Waals surface area (Å²) >= 11 is 0. The van der Waals surface area contributed by atoms with Gasteiger partial charge in [0.25, 0.3) is 5.56 Å². The summed E-state index contributed by atoms with van der Waals surface area (Å²) in [6, 6.07) is 6.99. The maximum absolute atomic E-state index is 14.0. The van der Waals surface area contributed by atoms with Gasteiger partial charge >= 0.3 is 17.8 Å². The van der Waals surface area contributed by atoms with Crippen molar-refractivity contribution in [2.24, 2.45) is 17.3 Å². The van der Waals surface area contributed by atoms with Crippen LogP contribution in [0.25, 0.3) is 22.1 Å². The second-order valence-corrected chi connectivity index (χ2v) is 14.2. The molecular formula is C39H54F3NO5. The van der Waals surface area contributed by atoms with Gasteiger partial charge in [-0.3, -0.25) is 9.59 Å². The number of esters is 1. The van der Waals surface area contributed by atoms with Crippen molar-refractivity contribution in [3.05, 3.63) is 68.4 Å². The summed E-state index contributed by atoms with van der Waals surface area (Å²) in [5.41, 5.74) is -2.89. The molecule has 0 aliphatic rings. The van der Waals surface area contributed by atoms with Crippen molar-refractivity contribution in [2.45, 2.75) is 131 Å². The minimum absolute atomic E-state index is 0.127. The van der Waals surface area contributed by atoms with Crippen molar-refractivity contribution >= 4 is 16.9 Å². The number of aryl methyl sites for hydroxylation is 2. The number of pyridine rings is 1. The third kappa shape index (κ3) is 10.8. The van der Waals surface area contributed by atoms with Gasteiger partial charge in [-0.15, -0.1) is 0 Å². The first-order valence-corrected chi connectivity index (χ1v) is 17.7. The molecule has 3 aromatic rings. The minimum atomic E-state index is -4.65. The predicted octanol–water partition coefficient (Wildman–Crippen LogP) is 10.4. The molecule has 0 bridgehead atoms. The smallest absolute Gasteiger partial charge is 0.417 e. The number of hydrogen-bond acceptors (Lipinski definition) is 5. The Bertz CT molecular complexity index is 1600. The summed E-state index contributed by atoms with van der Waals surface area (Å²) < 4.78 is 54.5. The zero-order chi connectivity index (χ0) is 35.5. The molecule has 1 unspecified atom stereocenters. The number of halogens is 3. The quantitative estimate of drug-likeness (QED) is 0.0935. The number of carbonyl (C=O) groups is 1. The summed E-state index contributed by atoms with van der Waals surface area (Å²) in [4.78, 5) is 38.6. The predicted molar refractivity (Wildman–Crippen MR) is 186 cm³/mol. The van der Waals surface area contributed by atoms with Gasteiger partial charge in [-0.1, -0.05) is 84.8 Å². The van der Waals surface area contributed by atoms with E-state index in [0.29, 0.717) is 31.1 Å². The molecule has 0 aliphatic heterocycles. The largest absolute Gasteiger partial charge is 0.465 e. The van der Waals surface area contributed by atoms with Crippen molar-refractivity contribution < 1.29 is 27.1 Å². The number of fused-ring (bicyclic) bond motifs is 1. The molecule has 0 fully saturated rings. The van der Waals surface area contributed by atoms with Gasteiger partial charge in [-0.05, 0) is 81.5 Å². The molecule has 2 heterocycles. The van der Waals surface area contributed by atoms with Crippen molar-refractivity contribution in [3.63, 3.8) is 0 Å². The lowest BCUT2D eigenvalue weighted by atomic mass is 9.76. The number of alkyl halides is 3. The van der Waals surface area contributed by atoms with Crippen molar-refractivity contribution in [1.82, 2.24) is 4.57 Å². The highest BCUT2D eigenvalue weighted by Crippen LogP contribution is 2.38. The lowest BCUT2D eigenvalue weighted by molar-refractivity contribution is -0.157.